The molecule has 0 unspecified atom stereocenters. The number of aromatic nitrogens is 1. The number of hydrogen-bond donors (Lipinski definition) is 1. The predicted molar refractivity (Wildman–Crippen MR) is 80.1 cm³/mol. The zero-order valence-corrected chi connectivity index (χ0v) is 12.5. The summed E-state index contributed by atoms with van der Waals surface area (Å²) in [5.41, 5.74) is 2.09. The van der Waals surface area contributed by atoms with E-state index in [1.165, 1.54) is 5.56 Å². The quantitative estimate of drug-likeness (QED) is 0.884. The van der Waals surface area contributed by atoms with Gasteiger partial charge in [-0.2, -0.15) is 0 Å². The number of hydrogen-bond acceptors (Lipinski definition) is 3. The van der Waals surface area contributed by atoms with Crippen molar-refractivity contribution in [2.75, 3.05) is 6.54 Å². The zero-order valence-electron chi connectivity index (χ0n) is 10.9. The van der Waals surface area contributed by atoms with Gasteiger partial charge in [-0.05, 0) is 40.7 Å². The van der Waals surface area contributed by atoms with Crippen molar-refractivity contribution in [1.82, 2.24) is 10.3 Å². The van der Waals surface area contributed by atoms with Crippen LogP contribution in [0.15, 0.2) is 47.1 Å². The lowest BCUT2D eigenvalue weighted by Crippen LogP contribution is -2.12. The van der Waals surface area contributed by atoms with E-state index in [1.807, 2.05) is 30.3 Å². The number of nitrogens with zero attached hydrogens (tertiary/aromatic N) is 1. The van der Waals surface area contributed by atoms with Gasteiger partial charge in [0, 0.05) is 22.8 Å². The van der Waals surface area contributed by atoms with Gasteiger partial charge >= 0.3 is 0 Å². The molecule has 1 aromatic heterocycles. The first kappa shape index (κ1) is 14.0. The summed E-state index contributed by atoms with van der Waals surface area (Å²) < 4.78 is 6.82. The highest BCUT2D eigenvalue weighted by Gasteiger charge is 2.03. The monoisotopic (exact) mass is 320 g/mol. The normalized spacial score (nSPS) is 10.4. The van der Waals surface area contributed by atoms with E-state index in [9.17, 15) is 0 Å². The Morgan fingerprint density at radius 2 is 2.05 bits per heavy atom. The Morgan fingerprint density at radius 3 is 2.79 bits per heavy atom. The van der Waals surface area contributed by atoms with Gasteiger partial charge < -0.3 is 10.1 Å². The standard InChI is InChI=1S/C15H17BrN2O/c1-2-17-9-12-5-3-4-6-15(12)19-11-14-8-7-13(16)10-18-14/h3-8,10,17H,2,9,11H2,1H3. The van der Waals surface area contributed by atoms with Crippen molar-refractivity contribution in [2.45, 2.75) is 20.1 Å². The Hall–Kier alpha value is -1.39. The molecule has 2 aromatic rings. The van der Waals surface area contributed by atoms with Gasteiger partial charge in [0.25, 0.3) is 0 Å². The summed E-state index contributed by atoms with van der Waals surface area (Å²) in [5, 5.41) is 3.31. The minimum absolute atomic E-state index is 0.483. The Labute approximate surface area is 122 Å². The van der Waals surface area contributed by atoms with E-state index < -0.39 is 0 Å². The lowest BCUT2D eigenvalue weighted by molar-refractivity contribution is 0.297. The van der Waals surface area contributed by atoms with Gasteiger partial charge in [0.05, 0.1) is 5.69 Å². The maximum atomic E-state index is 5.84. The largest absolute Gasteiger partial charge is 0.487 e. The first-order valence-electron chi connectivity index (χ1n) is 6.31. The molecule has 0 amide bonds. The molecule has 0 radical (unpaired) electrons. The van der Waals surface area contributed by atoms with Gasteiger partial charge in [0.15, 0.2) is 0 Å². The van der Waals surface area contributed by atoms with Gasteiger partial charge in [-0.1, -0.05) is 25.1 Å². The van der Waals surface area contributed by atoms with Crippen LogP contribution >= 0.6 is 15.9 Å². The highest BCUT2D eigenvalue weighted by atomic mass is 79.9. The molecule has 1 N–H and O–H groups in total. The SMILES string of the molecule is CCNCc1ccccc1OCc1ccc(Br)cn1. The molecule has 0 aliphatic heterocycles. The molecule has 4 heteroatoms. The second kappa shape index (κ2) is 7.26. The third kappa shape index (κ3) is 4.33. The van der Waals surface area contributed by atoms with Crippen LogP contribution in [-0.4, -0.2) is 11.5 Å². The van der Waals surface area contributed by atoms with E-state index in [0.717, 1.165) is 29.0 Å². The van der Waals surface area contributed by atoms with Crippen LogP contribution < -0.4 is 10.1 Å². The summed E-state index contributed by atoms with van der Waals surface area (Å²) >= 11 is 3.37. The molecule has 0 bridgehead atoms. The molecule has 0 aliphatic rings. The Morgan fingerprint density at radius 1 is 1.21 bits per heavy atom. The molecular weight excluding hydrogens is 304 g/mol. The van der Waals surface area contributed by atoms with Gasteiger partial charge in [-0.25, -0.2) is 0 Å². The summed E-state index contributed by atoms with van der Waals surface area (Å²) in [4.78, 5) is 4.30. The van der Waals surface area contributed by atoms with Crippen LogP contribution in [0.1, 0.15) is 18.2 Å². The fourth-order valence-electron chi connectivity index (χ4n) is 1.69. The maximum Gasteiger partial charge on any atom is 0.130 e. The number of ether oxygens (including phenoxy) is 1. The molecule has 0 fully saturated rings. The minimum Gasteiger partial charge on any atom is -0.487 e. The first-order chi connectivity index (χ1) is 9.29. The molecule has 1 aromatic carbocycles. The number of benzene rings is 1. The van der Waals surface area contributed by atoms with Crippen molar-refractivity contribution in [3.63, 3.8) is 0 Å². The van der Waals surface area contributed by atoms with Crippen LogP contribution in [0.5, 0.6) is 5.75 Å². The fourth-order valence-corrected chi connectivity index (χ4v) is 1.93. The van der Waals surface area contributed by atoms with Crippen molar-refractivity contribution < 1.29 is 4.74 Å². The van der Waals surface area contributed by atoms with E-state index in [-0.39, 0.29) is 0 Å². The molecule has 100 valence electrons. The van der Waals surface area contributed by atoms with Gasteiger partial charge in [-0.3, -0.25) is 4.98 Å². The second-order valence-electron chi connectivity index (χ2n) is 4.14. The summed E-state index contributed by atoms with van der Waals surface area (Å²) in [6.45, 7) is 4.34. The average Bonchev–Trinajstić information content (AvgIpc) is 2.45. The van der Waals surface area contributed by atoms with Crippen LogP contribution in [-0.2, 0) is 13.2 Å². The minimum atomic E-state index is 0.483. The zero-order chi connectivity index (χ0) is 13.5. The Bertz CT molecular complexity index is 514. The van der Waals surface area contributed by atoms with E-state index in [1.54, 1.807) is 6.20 Å². The summed E-state index contributed by atoms with van der Waals surface area (Å²) in [6, 6.07) is 12.0. The molecule has 0 spiro atoms. The van der Waals surface area contributed by atoms with Gasteiger partial charge in [0.2, 0.25) is 0 Å². The van der Waals surface area contributed by atoms with Crippen molar-refractivity contribution in [3.05, 3.63) is 58.3 Å². The Balaban J connectivity index is 2.00. The number of rotatable bonds is 6. The van der Waals surface area contributed by atoms with Crippen LogP contribution in [0.4, 0.5) is 0 Å². The summed E-state index contributed by atoms with van der Waals surface area (Å²) in [6.07, 6.45) is 1.78. The smallest absolute Gasteiger partial charge is 0.130 e. The van der Waals surface area contributed by atoms with Gasteiger partial charge in [0.1, 0.15) is 12.4 Å². The average molecular weight is 321 g/mol. The summed E-state index contributed by atoms with van der Waals surface area (Å²) in [7, 11) is 0. The van der Waals surface area contributed by atoms with Crippen molar-refractivity contribution >= 4 is 15.9 Å². The van der Waals surface area contributed by atoms with Crippen LogP contribution in [0.3, 0.4) is 0 Å². The molecule has 0 atom stereocenters. The molecule has 0 saturated carbocycles. The number of halogens is 1. The number of para-hydroxylation sites is 1. The van der Waals surface area contributed by atoms with Crippen molar-refractivity contribution in [1.29, 1.82) is 0 Å². The molecule has 19 heavy (non-hydrogen) atoms. The van der Waals surface area contributed by atoms with E-state index >= 15 is 0 Å². The maximum absolute atomic E-state index is 5.84. The lowest BCUT2D eigenvalue weighted by atomic mass is 10.2. The third-order valence-electron chi connectivity index (χ3n) is 2.70. The van der Waals surface area contributed by atoms with E-state index in [4.69, 9.17) is 4.74 Å². The Kier molecular flexibility index (Phi) is 5.36. The number of pyridine rings is 1. The van der Waals surface area contributed by atoms with Crippen LogP contribution in [0.25, 0.3) is 0 Å². The van der Waals surface area contributed by atoms with Crippen molar-refractivity contribution in [2.24, 2.45) is 0 Å². The summed E-state index contributed by atoms with van der Waals surface area (Å²) in [5.74, 6) is 0.910. The highest BCUT2D eigenvalue weighted by molar-refractivity contribution is 9.10. The van der Waals surface area contributed by atoms with Crippen molar-refractivity contribution in [3.8, 4) is 5.75 Å². The number of nitrogens with one attached hydrogen (secondary N) is 1. The highest BCUT2D eigenvalue weighted by Crippen LogP contribution is 2.19. The molecule has 1 heterocycles. The predicted octanol–water partition coefficient (Wildman–Crippen LogP) is 3.53. The molecular formula is C15H17BrN2O. The second-order valence-corrected chi connectivity index (χ2v) is 5.06. The fraction of sp³-hybridized carbons (Fsp3) is 0.267. The van der Waals surface area contributed by atoms with E-state index in [2.05, 4.69) is 39.2 Å². The third-order valence-corrected chi connectivity index (χ3v) is 3.17. The van der Waals surface area contributed by atoms with Crippen LogP contribution in [0.2, 0.25) is 0 Å². The van der Waals surface area contributed by atoms with Crippen LogP contribution in [0, 0.1) is 0 Å². The molecule has 0 aliphatic carbocycles. The first-order valence-corrected chi connectivity index (χ1v) is 7.10. The lowest BCUT2D eigenvalue weighted by Gasteiger charge is -2.11. The molecule has 0 saturated heterocycles. The van der Waals surface area contributed by atoms with E-state index in [0.29, 0.717) is 6.61 Å². The molecule has 2 rings (SSSR count). The topological polar surface area (TPSA) is 34.1 Å². The molecule has 3 nitrogen and oxygen atoms in total. The van der Waals surface area contributed by atoms with Gasteiger partial charge in [-0.15, -0.1) is 0 Å².